The molecule has 0 saturated carbocycles. The molecule has 0 fully saturated rings. The minimum atomic E-state index is 0.0340. The van der Waals surface area contributed by atoms with E-state index in [0.29, 0.717) is 5.76 Å². The Hall–Kier alpha value is -0.760. The van der Waals surface area contributed by atoms with Gasteiger partial charge in [-0.05, 0) is 32.5 Å². The number of rotatable bonds is 1. The Morgan fingerprint density at radius 3 is 2.80 bits per heavy atom. The maximum atomic E-state index is 8.98. The van der Waals surface area contributed by atoms with E-state index in [4.69, 9.17) is 5.11 Å². The lowest BCUT2D eigenvalue weighted by molar-refractivity contribution is 0.404. The average molecular weight is 139 g/mol. The summed E-state index contributed by atoms with van der Waals surface area (Å²) in [6, 6.07) is 0. The van der Waals surface area contributed by atoms with E-state index in [-0.39, 0.29) is 5.54 Å². The van der Waals surface area contributed by atoms with Gasteiger partial charge in [-0.25, -0.2) is 0 Å². The van der Waals surface area contributed by atoms with Gasteiger partial charge in [-0.15, -0.1) is 0 Å². The summed E-state index contributed by atoms with van der Waals surface area (Å²) < 4.78 is 0. The van der Waals surface area contributed by atoms with Gasteiger partial charge in [0, 0.05) is 5.54 Å². The smallest absolute Gasteiger partial charge is 0.111 e. The van der Waals surface area contributed by atoms with Crippen molar-refractivity contribution in [2.24, 2.45) is 0 Å². The Bertz CT molecular complexity index is 184. The molecule has 1 unspecified atom stereocenters. The number of hydrogen-bond acceptors (Lipinski definition) is 2. The second-order valence-corrected chi connectivity index (χ2v) is 2.83. The van der Waals surface area contributed by atoms with Crippen LogP contribution in [-0.2, 0) is 0 Å². The van der Waals surface area contributed by atoms with Gasteiger partial charge in [0.2, 0.25) is 0 Å². The third-order valence-corrected chi connectivity index (χ3v) is 1.93. The van der Waals surface area contributed by atoms with Gasteiger partial charge >= 0.3 is 0 Å². The van der Waals surface area contributed by atoms with Crippen molar-refractivity contribution in [2.75, 3.05) is 7.05 Å². The molecule has 0 aromatic carbocycles. The second-order valence-electron chi connectivity index (χ2n) is 2.83. The van der Waals surface area contributed by atoms with Crippen LogP contribution in [0, 0.1) is 0 Å². The van der Waals surface area contributed by atoms with E-state index in [1.54, 1.807) is 6.08 Å². The van der Waals surface area contributed by atoms with E-state index in [1.807, 2.05) is 19.2 Å². The third-order valence-electron chi connectivity index (χ3n) is 1.93. The van der Waals surface area contributed by atoms with Gasteiger partial charge in [0.05, 0.1) is 0 Å². The Labute approximate surface area is 61.3 Å². The summed E-state index contributed by atoms with van der Waals surface area (Å²) in [4.78, 5) is 0. The van der Waals surface area contributed by atoms with E-state index in [0.717, 1.165) is 6.42 Å². The van der Waals surface area contributed by atoms with Crippen molar-refractivity contribution in [3.05, 3.63) is 24.0 Å². The fourth-order valence-electron chi connectivity index (χ4n) is 0.907. The number of hydrogen-bond donors (Lipinski definition) is 2. The quantitative estimate of drug-likeness (QED) is 0.575. The molecule has 1 atom stereocenters. The van der Waals surface area contributed by atoms with Crippen LogP contribution in [0.4, 0.5) is 0 Å². The van der Waals surface area contributed by atoms with Crippen molar-refractivity contribution in [3.63, 3.8) is 0 Å². The highest BCUT2D eigenvalue weighted by Crippen LogP contribution is 2.18. The highest BCUT2D eigenvalue weighted by Gasteiger charge is 2.18. The summed E-state index contributed by atoms with van der Waals surface area (Å²) in [5, 5.41) is 12.1. The Morgan fingerprint density at radius 2 is 2.40 bits per heavy atom. The van der Waals surface area contributed by atoms with E-state index < -0.39 is 0 Å². The van der Waals surface area contributed by atoms with Crippen LogP contribution in [-0.4, -0.2) is 17.7 Å². The van der Waals surface area contributed by atoms with Crippen molar-refractivity contribution in [3.8, 4) is 0 Å². The summed E-state index contributed by atoms with van der Waals surface area (Å²) in [5.41, 5.74) is 0.0340. The molecule has 10 heavy (non-hydrogen) atoms. The zero-order chi connectivity index (χ0) is 7.61. The molecule has 2 nitrogen and oxygen atoms in total. The van der Waals surface area contributed by atoms with Crippen LogP contribution in [0.15, 0.2) is 24.0 Å². The second kappa shape index (κ2) is 2.46. The fraction of sp³-hybridized carbons (Fsp3) is 0.500. The van der Waals surface area contributed by atoms with E-state index in [1.165, 1.54) is 0 Å². The van der Waals surface area contributed by atoms with Crippen LogP contribution in [0.2, 0.25) is 0 Å². The van der Waals surface area contributed by atoms with Gasteiger partial charge in [0.1, 0.15) is 5.76 Å². The maximum Gasteiger partial charge on any atom is 0.111 e. The standard InChI is InChI=1S/C8H13NO/c1-8(9-2)5-3-7(10)4-6-8/h3-5,9-10H,6H2,1-2H3. The van der Waals surface area contributed by atoms with Gasteiger partial charge in [0.25, 0.3) is 0 Å². The van der Waals surface area contributed by atoms with Crippen molar-refractivity contribution in [1.82, 2.24) is 5.32 Å². The molecule has 0 amide bonds. The highest BCUT2D eigenvalue weighted by atomic mass is 16.3. The molecule has 0 aliphatic heterocycles. The van der Waals surface area contributed by atoms with Crippen LogP contribution in [0.1, 0.15) is 13.3 Å². The minimum Gasteiger partial charge on any atom is -0.508 e. The fourth-order valence-corrected chi connectivity index (χ4v) is 0.907. The zero-order valence-corrected chi connectivity index (χ0v) is 6.39. The number of likely N-dealkylation sites (N-methyl/N-ethyl adjacent to an activating group) is 1. The molecule has 0 saturated heterocycles. The van der Waals surface area contributed by atoms with Gasteiger partial charge in [-0.1, -0.05) is 6.08 Å². The zero-order valence-electron chi connectivity index (χ0n) is 6.39. The van der Waals surface area contributed by atoms with Crippen molar-refractivity contribution < 1.29 is 5.11 Å². The summed E-state index contributed by atoms with van der Waals surface area (Å²) >= 11 is 0. The molecule has 56 valence electrons. The summed E-state index contributed by atoms with van der Waals surface area (Å²) in [7, 11) is 1.92. The van der Waals surface area contributed by atoms with Gasteiger partial charge in [-0.2, -0.15) is 0 Å². The van der Waals surface area contributed by atoms with E-state index in [2.05, 4.69) is 12.2 Å². The lowest BCUT2D eigenvalue weighted by atomic mass is 9.93. The molecular formula is C8H13NO. The van der Waals surface area contributed by atoms with Crippen molar-refractivity contribution in [1.29, 1.82) is 0 Å². The molecule has 0 aromatic heterocycles. The SMILES string of the molecule is CNC1(C)C=CC(O)=CC1. The van der Waals surface area contributed by atoms with Crippen LogP contribution in [0.3, 0.4) is 0 Å². The predicted octanol–water partition coefficient (Wildman–Crippen LogP) is 1.37. The number of nitrogens with one attached hydrogen (secondary N) is 1. The highest BCUT2D eigenvalue weighted by molar-refractivity contribution is 5.23. The Balaban J connectivity index is 2.67. The average Bonchev–Trinajstić information content (AvgIpc) is 1.96. The lowest BCUT2D eigenvalue weighted by Gasteiger charge is -2.26. The number of aliphatic hydroxyl groups excluding tert-OH is 1. The maximum absolute atomic E-state index is 8.98. The number of allylic oxidation sites excluding steroid dienone is 1. The molecule has 0 radical (unpaired) electrons. The molecule has 1 rings (SSSR count). The molecule has 0 heterocycles. The van der Waals surface area contributed by atoms with E-state index >= 15 is 0 Å². The van der Waals surface area contributed by atoms with Crippen LogP contribution in [0.25, 0.3) is 0 Å². The Morgan fingerprint density at radius 1 is 1.70 bits per heavy atom. The first-order chi connectivity index (χ1) is 4.66. The largest absolute Gasteiger partial charge is 0.508 e. The van der Waals surface area contributed by atoms with Gasteiger partial charge in [-0.3, -0.25) is 0 Å². The molecular weight excluding hydrogens is 126 g/mol. The topological polar surface area (TPSA) is 32.3 Å². The van der Waals surface area contributed by atoms with Crippen LogP contribution in [0.5, 0.6) is 0 Å². The van der Waals surface area contributed by atoms with Crippen LogP contribution >= 0.6 is 0 Å². The molecule has 0 aromatic rings. The molecule has 0 spiro atoms. The first-order valence-corrected chi connectivity index (χ1v) is 3.43. The summed E-state index contributed by atoms with van der Waals surface area (Å²) in [6.45, 7) is 2.09. The molecule has 1 aliphatic rings. The predicted molar refractivity (Wildman–Crippen MR) is 41.9 cm³/mol. The molecule has 2 heteroatoms. The molecule has 1 aliphatic carbocycles. The third kappa shape index (κ3) is 1.39. The minimum absolute atomic E-state index is 0.0340. The van der Waals surface area contributed by atoms with Crippen molar-refractivity contribution >= 4 is 0 Å². The normalized spacial score (nSPS) is 32.0. The first-order valence-electron chi connectivity index (χ1n) is 3.43. The van der Waals surface area contributed by atoms with Gasteiger partial charge in [0.15, 0.2) is 0 Å². The summed E-state index contributed by atoms with van der Waals surface area (Å²) in [5.74, 6) is 0.368. The molecule has 0 bridgehead atoms. The number of aliphatic hydroxyl groups is 1. The van der Waals surface area contributed by atoms with E-state index in [9.17, 15) is 0 Å². The Kier molecular flexibility index (Phi) is 1.81. The lowest BCUT2D eigenvalue weighted by Crippen LogP contribution is -2.37. The van der Waals surface area contributed by atoms with Crippen LogP contribution < -0.4 is 5.32 Å². The monoisotopic (exact) mass is 139 g/mol. The first kappa shape index (κ1) is 7.35. The summed E-state index contributed by atoms with van der Waals surface area (Å²) in [6.07, 6.45) is 6.37. The molecule has 2 N–H and O–H groups in total. The van der Waals surface area contributed by atoms with Gasteiger partial charge < -0.3 is 10.4 Å². The van der Waals surface area contributed by atoms with Crippen molar-refractivity contribution in [2.45, 2.75) is 18.9 Å².